The molecule has 0 bridgehead atoms. The molecule has 0 saturated heterocycles. The fourth-order valence-corrected chi connectivity index (χ4v) is 4.88. The molecule has 9 heteroatoms. The van der Waals surface area contributed by atoms with Crippen molar-refractivity contribution in [3.8, 4) is 5.75 Å². The SMILES string of the molecule is COc1c(F)cc(Cc2nc3c(c4c2[nH]c2ccccc24)CCN(CC(=O)NCCO)C3)cc1F. The van der Waals surface area contributed by atoms with Gasteiger partial charge in [0.2, 0.25) is 5.91 Å². The number of rotatable bonds is 7. The van der Waals surface area contributed by atoms with Crippen molar-refractivity contribution >= 4 is 27.7 Å². The fraction of sp³-hybridized carbons (Fsp3) is 0.308. The Labute approximate surface area is 200 Å². The first-order valence-electron chi connectivity index (χ1n) is 11.5. The van der Waals surface area contributed by atoms with Gasteiger partial charge in [0.05, 0.1) is 37.2 Å². The van der Waals surface area contributed by atoms with Gasteiger partial charge in [0.25, 0.3) is 0 Å². The molecular formula is C26H26F2N4O3. The molecule has 3 heterocycles. The van der Waals surface area contributed by atoms with E-state index in [2.05, 4.69) is 16.4 Å². The van der Waals surface area contributed by atoms with E-state index in [1.165, 1.54) is 19.2 Å². The zero-order chi connectivity index (χ0) is 24.5. The van der Waals surface area contributed by atoms with Gasteiger partial charge in [0.15, 0.2) is 17.4 Å². The summed E-state index contributed by atoms with van der Waals surface area (Å²) in [5, 5.41) is 13.8. The first-order chi connectivity index (χ1) is 17.0. The second kappa shape index (κ2) is 9.59. The lowest BCUT2D eigenvalue weighted by Gasteiger charge is -2.28. The summed E-state index contributed by atoms with van der Waals surface area (Å²) in [5.41, 5.74) is 4.94. The van der Waals surface area contributed by atoms with Crippen LogP contribution in [0.2, 0.25) is 0 Å². The van der Waals surface area contributed by atoms with Crippen LogP contribution in [0.15, 0.2) is 36.4 Å². The number of fused-ring (bicyclic) bond motifs is 5. The van der Waals surface area contributed by atoms with Crippen molar-refractivity contribution in [1.29, 1.82) is 0 Å². The van der Waals surface area contributed by atoms with Crippen LogP contribution >= 0.6 is 0 Å². The minimum atomic E-state index is -0.756. The average molecular weight is 481 g/mol. The van der Waals surface area contributed by atoms with E-state index in [-0.39, 0.29) is 32.0 Å². The van der Waals surface area contributed by atoms with Crippen LogP contribution in [0.3, 0.4) is 0 Å². The monoisotopic (exact) mass is 480 g/mol. The van der Waals surface area contributed by atoms with Crippen molar-refractivity contribution in [2.24, 2.45) is 0 Å². The number of para-hydroxylation sites is 1. The van der Waals surface area contributed by atoms with Crippen molar-refractivity contribution in [3.63, 3.8) is 0 Å². The lowest BCUT2D eigenvalue weighted by Crippen LogP contribution is -2.41. The third kappa shape index (κ3) is 4.44. The van der Waals surface area contributed by atoms with Crippen molar-refractivity contribution in [1.82, 2.24) is 20.2 Å². The van der Waals surface area contributed by atoms with E-state index in [9.17, 15) is 13.6 Å². The highest BCUT2D eigenvalue weighted by Crippen LogP contribution is 2.35. The number of aliphatic hydroxyl groups excluding tert-OH is 1. The molecule has 7 nitrogen and oxygen atoms in total. The topological polar surface area (TPSA) is 90.5 Å². The zero-order valence-electron chi connectivity index (χ0n) is 19.3. The van der Waals surface area contributed by atoms with E-state index in [1.54, 1.807) is 0 Å². The molecule has 0 saturated carbocycles. The summed E-state index contributed by atoms with van der Waals surface area (Å²) in [5.74, 6) is -2.07. The summed E-state index contributed by atoms with van der Waals surface area (Å²) in [4.78, 5) is 22.6. The zero-order valence-corrected chi connectivity index (χ0v) is 19.3. The first-order valence-corrected chi connectivity index (χ1v) is 11.5. The number of pyridine rings is 1. The maximum atomic E-state index is 14.4. The molecule has 2 aromatic heterocycles. The molecule has 182 valence electrons. The predicted molar refractivity (Wildman–Crippen MR) is 128 cm³/mol. The highest BCUT2D eigenvalue weighted by atomic mass is 19.1. The minimum Gasteiger partial charge on any atom is -0.491 e. The molecule has 1 aliphatic rings. The number of aromatic amines is 1. The predicted octanol–water partition coefficient (Wildman–Crippen LogP) is 3.06. The van der Waals surface area contributed by atoms with Gasteiger partial charge in [0.1, 0.15) is 0 Å². The molecule has 1 amide bonds. The number of benzene rings is 2. The minimum absolute atomic E-state index is 0.107. The summed E-state index contributed by atoms with van der Waals surface area (Å²) in [6, 6.07) is 10.5. The second-order valence-electron chi connectivity index (χ2n) is 8.71. The summed E-state index contributed by atoms with van der Waals surface area (Å²) in [6.45, 7) is 1.50. The molecule has 0 spiro atoms. The number of nitrogens with one attached hydrogen (secondary N) is 2. The van der Waals surface area contributed by atoms with Gasteiger partial charge in [-0.3, -0.25) is 14.7 Å². The lowest BCUT2D eigenvalue weighted by molar-refractivity contribution is -0.122. The number of carbonyl (C=O) groups excluding carboxylic acids is 1. The van der Waals surface area contributed by atoms with Crippen molar-refractivity contribution in [2.75, 3.05) is 33.4 Å². The summed E-state index contributed by atoms with van der Waals surface area (Å²) in [6.07, 6.45) is 0.950. The number of hydrogen-bond donors (Lipinski definition) is 3. The van der Waals surface area contributed by atoms with Crippen LogP contribution in [0, 0.1) is 11.6 Å². The largest absolute Gasteiger partial charge is 0.491 e. The summed E-state index contributed by atoms with van der Waals surface area (Å²) in [7, 11) is 1.23. The number of H-pyrrole nitrogens is 1. The van der Waals surface area contributed by atoms with Crippen LogP contribution in [-0.4, -0.2) is 59.2 Å². The third-order valence-corrected chi connectivity index (χ3v) is 6.40. The highest BCUT2D eigenvalue weighted by molar-refractivity contribution is 6.10. The van der Waals surface area contributed by atoms with E-state index < -0.39 is 17.4 Å². The molecule has 2 aromatic carbocycles. The Balaban J connectivity index is 1.56. The molecular weight excluding hydrogens is 454 g/mol. The van der Waals surface area contributed by atoms with Crippen molar-refractivity contribution in [3.05, 3.63) is 70.5 Å². The molecule has 0 radical (unpaired) electrons. The molecule has 35 heavy (non-hydrogen) atoms. The quantitative estimate of drug-likeness (QED) is 0.378. The van der Waals surface area contributed by atoms with Gasteiger partial charge < -0.3 is 20.1 Å². The van der Waals surface area contributed by atoms with Crippen molar-refractivity contribution in [2.45, 2.75) is 19.4 Å². The maximum Gasteiger partial charge on any atom is 0.234 e. The van der Waals surface area contributed by atoms with Gasteiger partial charge in [0, 0.05) is 42.3 Å². The number of methoxy groups -OCH3 is 1. The second-order valence-corrected chi connectivity index (χ2v) is 8.71. The van der Waals surface area contributed by atoms with Gasteiger partial charge >= 0.3 is 0 Å². The van der Waals surface area contributed by atoms with Gasteiger partial charge in [-0.05, 0) is 35.7 Å². The Bertz CT molecular complexity index is 1400. The highest BCUT2D eigenvalue weighted by Gasteiger charge is 2.25. The number of carbonyl (C=O) groups is 1. The Hall–Kier alpha value is -3.56. The summed E-state index contributed by atoms with van der Waals surface area (Å²) < 4.78 is 33.6. The van der Waals surface area contributed by atoms with E-state index in [0.717, 1.165) is 39.5 Å². The molecule has 0 unspecified atom stereocenters. The Morgan fingerprint density at radius 1 is 1.26 bits per heavy atom. The smallest absolute Gasteiger partial charge is 0.234 e. The van der Waals surface area contributed by atoms with Crippen LogP contribution in [0.5, 0.6) is 5.75 Å². The van der Waals surface area contributed by atoms with Gasteiger partial charge in [-0.1, -0.05) is 18.2 Å². The lowest BCUT2D eigenvalue weighted by atomic mass is 9.96. The fourth-order valence-electron chi connectivity index (χ4n) is 4.88. The average Bonchev–Trinajstić information content (AvgIpc) is 3.23. The molecule has 1 aliphatic heterocycles. The van der Waals surface area contributed by atoms with Gasteiger partial charge in [-0.15, -0.1) is 0 Å². The van der Waals surface area contributed by atoms with E-state index in [4.69, 9.17) is 14.8 Å². The van der Waals surface area contributed by atoms with Crippen LogP contribution < -0.4 is 10.1 Å². The number of hydrogen-bond acceptors (Lipinski definition) is 5. The van der Waals surface area contributed by atoms with Gasteiger partial charge in [-0.2, -0.15) is 0 Å². The van der Waals surface area contributed by atoms with E-state index in [0.29, 0.717) is 24.3 Å². The Morgan fingerprint density at radius 2 is 2.03 bits per heavy atom. The number of aliphatic hydroxyl groups is 1. The number of aromatic nitrogens is 2. The van der Waals surface area contributed by atoms with Crippen LogP contribution in [-0.2, 0) is 24.2 Å². The molecule has 3 N–H and O–H groups in total. The standard InChI is InChI=1S/C26H26F2N4O3/c1-35-26-18(27)10-15(11-19(26)28)12-21-25-24(16-4-2-3-5-20(16)31-25)17-6-8-32(13-22(17)30-21)14-23(34)29-7-9-33/h2-5,10-11,31,33H,6-9,12-14H2,1H3,(H,29,34). The van der Waals surface area contributed by atoms with Crippen molar-refractivity contribution < 1.29 is 23.4 Å². The Kier molecular flexibility index (Phi) is 6.36. The number of nitrogens with zero attached hydrogens (tertiary/aromatic N) is 2. The summed E-state index contributed by atoms with van der Waals surface area (Å²) >= 11 is 0. The Morgan fingerprint density at radius 3 is 2.77 bits per heavy atom. The molecule has 5 rings (SSSR count). The third-order valence-electron chi connectivity index (χ3n) is 6.40. The molecule has 0 atom stereocenters. The first kappa shape index (κ1) is 23.2. The van der Waals surface area contributed by atoms with Crippen LogP contribution in [0.1, 0.15) is 22.5 Å². The molecule has 0 fully saturated rings. The normalized spacial score (nSPS) is 13.8. The number of ether oxygens (including phenoxy) is 1. The van der Waals surface area contributed by atoms with Gasteiger partial charge in [-0.25, -0.2) is 8.78 Å². The van der Waals surface area contributed by atoms with Crippen LogP contribution in [0.25, 0.3) is 21.8 Å². The molecule has 0 aliphatic carbocycles. The maximum absolute atomic E-state index is 14.4. The number of halogens is 2. The number of amides is 1. The van der Waals surface area contributed by atoms with Crippen LogP contribution in [0.4, 0.5) is 8.78 Å². The van der Waals surface area contributed by atoms with E-state index in [1.807, 2.05) is 23.1 Å². The van der Waals surface area contributed by atoms with E-state index >= 15 is 0 Å². The molecule has 4 aromatic rings.